The van der Waals surface area contributed by atoms with E-state index in [1.54, 1.807) is 12.1 Å². The molecule has 0 aliphatic rings. The maximum atomic E-state index is 13.7. The van der Waals surface area contributed by atoms with Crippen LogP contribution in [0.15, 0.2) is 36.7 Å². The number of rotatable bonds is 6. The second kappa shape index (κ2) is 6.91. The first-order chi connectivity index (χ1) is 9.56. The van der Waals surface area contributed by atoms with E-state index in [-0.39, 0.29) is 5.82 Å². The van der Waals surface area contributed by atoms with Crippen LogP contribution in [0, 0.1) is 11.7 Å². The molecule has 1 aromatic heterocycles. The van der Waals surface area contributed by atoms with Gasteiger partial charge in [-0.2, -0.15) is 0 Å². The molecule has 0 atom stereocenters. The Morgan fingerprint density at radius 2 is 2.10 bits per heavy atom. The zero-order valence-corrected chi connectivity index (χ0v) is 12.6. The third-order valence-electron chi connectivity index (χ3n) is 3.10. The van der Waals surface area contributed by atoms with Crippen molar-refractivity contribution in [1.82, 2.24) is 9.88 Å². The lowest BCUT2D eigenvalue weighted by Crippen LogP contribution is -2.18. The molecule has 20 heavy (non-hydrogen) atoms. The van der Waals surface area contributed by atoms with Gasteiger partial charge in [0.05, 0.1) is 6.54 Å². The van der Waals surface area contributed by atoms with E-state index < -0.39 is 0 Å². The Bertz CT molecular complexity index is 543. The highest BCUT2D eigenvalue weighted by molar-refractivity contribution is 6.31. The van der Waals surface area contributed by atoms with E-state index in [4.69, 9.17) is 11.6 Å². The van der Waals surface area contributed by atoms with Gasteiger partial charge in [-0.15, -0.1) is 0 Å². The van der Waals surface area contributed by atoms with Crippen molar-refractivity contribution < 1.29 is 4.39 Å². The standard InChI is InChI=1S/C16H20ClFN2/c1-12(2)8-19-9-13-6-7-20(10-13)11-14-15(17)4-3-5-16(14)18/h3-7,10,12,19H,8-9,11H2,1-2H3. The Morgan fingerprint density at radius 3 is 2.80 bits per heavy atom. The minimum atomic E-state index is -0.259. The zero-order chi connectivity index (χ0) is 14.5. The van der Waals surface area contributed by atoms with Gasteiger partial charge in [-0.1, -0.05) is 31.5 Å². The van der Waals surface area contributed by atoms with Crippen molar-refractivity contribution >= 4 is 11.6 Å². The number of nitrogens with one attached hydrogen (secondary N) is 1. The number of nitrogens with zero attached hydrogens (tertiary/aromatic N) is 1. The Balaban J connectivity index is 1.99. The van der Waals surface area contributed by atoms with E-state index in [9.17, 15) is 4.39 Å². The largest absolute Gasteiger partial charge is 0.349 e. The van der Waals surface area contributed by atoms with Crippen LogP contribution in [0.2, 0.25) is 5.02 Å². The van der Waals surface area contributed by atoms with Crippen molar-refractivity contribution in [2.24, 2.45) is 5.92 Å². The van der Waals surface area contributed by atoms with Gasteiger partial charge in [0.25, 0.3) is 0 Å². The highest BCUT2D eigenvalue weighted by Gasteiger charge is 2.07. The second-order valence-corrected chi connectivity index (χ2v) is 5.82. The molecule has 0 aliphatic heterocycles. The molecule has 2 aromatic rings. The van der Waals surface area contributed by atoms with Gasteiger partial charge in [0, 0.05) is 29.5 Å². The summed E-state index contributed by atoms with van der Waals surface area (Å²) in [7, 11) is 0. The van der Waals surface area contributed by atoms with Gasteiger partial charge in [-0.3, -0.25) is 0 Å². The lowest BCUT2D eigenvalue weighted by atomic mass is 10.2. The molecule has 4 heteroatoms. The van der Waals surface area contributed by atoms with Crippen LogP contribution >= 0.6 is 11.6 Å². The highest BCUT2D eigenvalue weighted by Crippen LogP contribution is 2.20. The maximum absolute atomic E-state index is 13.7. The number of benzene rings is 1. The fraction of sp³-hybridized carbons (Fsp3) is 0.375. The van der Waals surface area contributed by atoms with Crippen molar-refractivity contribution in [3.8, 4) is 0 Å². The van der Waals surface area contributed by atoms with Crippen molar-refractivity contribution in [2.75, 3.05) is 6.54 Å². The first-order valence-electron chi connectivity index (χ1n) is 6.84. The van der Waals surface area contributed by atoms with Crippen molar-refractivity contribution in [3.05, 3.63) is 58.6 Å². The van der Waals surface area contributed by atoms with Gasteiger partial charge < -0.3 is 9.88 Å². The normalized spacial score (nSPS) is 11.2. The minimum absolute atomic E-state index is 0.259. The molecule has 0 saturated carbocycles. The van der Waals surface area contributed by atoms with Crippen LogP contribution in [0.5, 0.6) is 0 Å². The van der Waals surface area contributed by atoms with Crippen molar-refractivity contribution in [1.29, 1.82) is 0 Å². The maximum Gasteiger partial charge on any atom is 0.129 e. The molecular formula is C16H20ClFN2. The van der Waals surface area contributed by atoms with Gasteiger partial charge in [0.2, 0.25) is 0 Å². The SMILES string of the molecule is CC(C)CNCc1ccn(Cc2c(F)cccc2Cl)c1. The van der Waals surface area contributed by atoms with Gasteiger partial charge in [-0.05, 0) is 36.2 Å². The van der Waals surface area contributed by atoms with Crippen LogP contribution < -0.4 is 5.32 Å². The molecule has 0 bridgehead atoms. The summed E-state index contributed by atoms with van der Waals surface area (Å²) in [4.78, 5) is 0. The number of hydrogen-bond donors (Lipinski definition) is 1. The Hall–Kier alpha value is -1.32. The Morgan fingerprint density at radius 1 is 1.30 bits per heavy atom. The summed E-state index contributed by atoms with van der Waals surface area (Å²) in [5.74, 6) is 0.375. The van der Waals surface area contributed by atoms with Crippen molar-refractivity contribution in [2.45, 2.75) is 26.9 Å². The minimum Gasteiger partial charge on any atom is -0.349 e. The zero-order valence-electron chi connectivity index (χ0n) is 11.9. The highest BCUT2D eigenvalue weighted by atomic mass is 35.5. The lowest BCUT2D eigenvalue weighted by Gasteiger charge is -2.07. The molecule has 108 valence electrons. The topological polar surface area (TPSA) is 17.0 Å². The Kier molecular flexibility index (Phi) is 5.21. The molecule has 0 saturated heterocycles. The molecule has 1 heterocycles. The van der Waals surface area contributed by atoms with Gasteiger partial charge in [0.1, 0.15) is 5.82 Å². The number of hydrogen-bond acceptors (Lipinski definition) is 1. The quantitative estimate of drug-likeness (QED) is 0.849. The van der Waals surface area contributed by atoms with E-state index in [0.29, 0.717) is 23.0 Å². The van der Waals surface area contributed by atoms with E-state index in [1.807, 2.05) is 23.0 Å². The van der Waals surface area contributed by atoms with E-state index in [0.717, 1.165) is 13.1 Å². The smallest absolute Gasteiger partial charge is 0.129 e. The molecule has 2 nitrogen and oxygen atoms in total. The summed E-state index contributed by atoms with van der Waals surface area (Å²) in [6.07, 6.45) is 3.98. The first-order valence-corrected chi connectivity index (χ1v) is 7.22. The van der Waals surface area contributed by atoms with Crippen LogP contribution in [0.3, 0.4) is 0 Å². The van der Waals surface area contributed by atoms with Crippen LogP contribution in [-0.4, -0.2) is 11.1 Å². The molecule has 0 radical (unpaired) electrons. The van der Waals surface area contributed by atoms with Crippen LogP contribution in [0.25, 0.3) is 0 Å². The summed E-state index contributed by atoms with van der Waals surface area (Å²) >= 11 is 6.04. The van der Waals surface area contributed by atoms with Crippen LogP contribution in [0.4, 0.5) is 4.39 Å². The summed E-state index contributed by atoms with van der Waals surface area (Å²) in [5, 5.41) is 3.86. The monoisotopic (exact) mass is 294 g/mol. The average Bonchev–Trinajstić information content (AvgIpc) is 2.81. The molecule has 0 amide bonds. The van der Waals surface area contributed by atoms with Gasteiger partial charge in [0.15, 0.2) is 0 Å². The predicted molar refractivity (Wildman–Crippen MR) is 81.5 cm³/mol. The average molecular weight is 295 g/mol. The molecule has 0 spiro atoms. The third kappa shape index (κ3) is 4.09. The summed E-state index contributed by atoms with van der Waals surface area (Å²) in [5.41, 5.74) is 1.73. The molecule has 0 fully saturated rings. The molecule has 1 N–H and O–H groups in total. The Labute approximate surface area is 124 Å². The van der Waals surface area contributed by atoms with E-state index in [2.05, 4.69) is 19.2 Å². The van der Waals surface area contributed by atoms with E-state index in [1.165, 1.54) is 11.6 Å². The molecule has 0 aliphatic carbocycles. The lowest BCUT2D eigenvalue weighted by molar-refractivity contribution is 0.552. The molecule has 0 unspecified atom stereocenters. The molecule has 1 aromatic carbocycles. The van der Waals surface area contributed by atoms with Crippen LogP contribution in [-0.2, 0) is 13.1 Å². The number of aromatic nitrogens is 1. The fourth-order valence-electron chi connectivity index (χ4n) is 2.06. The predicted octanol–water partition coefficient (Wildman–Crippen LogP) is 4.07. The number of halogens is 2. The summed E-state index contributed by atoms with van der Waals surface area (Å²) < 4.78 is 15.7. The van der Waals surface area contributed by atoms with Crippen LogP contribution in [0.1, 0.15) is 25.0 Å². The second-order valence-electron chi connectivity index (χ2n) is 5.42. The third-order valence-corrected chi connectivity index (χ3v) is 3.45. The molecular weight excluding hydrogens is 275 g/mol. The van der Waals surface area contributed by atoms with Crippen molar-refractivity contribution in [3.63, 3.8) is 0 Å². The van der Waals surface area contributed by atoms with E-state index >= 15 is 0 Å². The first kappa shape index (κ1) is 15.1. The fourth-order valence-corrected chi connectivity index (χ4v) is 2.29. The van der Waals surface area contributed by atoms with Gasteiger partial charge in [-0.25, -0.2) is 4.39 Å². The summed E-state index contributed by atoms with van der Waals surface area (Å²) in [6.45, 7) is 6.63. The van der Waals surface area contributed by atoms with Gasteiger partial charge >= 0.3 is 0 Å². The molecule has 2 rings (SSSR count). The summed E-state index contributed by atoms with van der Waals surface area (Å²) in [6, 6.07) is 6.82.